The number of carboxylic acid groups (broad SMARTS) is 1. The Bertz CT molecular complexity index is 1190. The van der Waals surface area contributed by atoms with Crippen LogP contribution in [0, 0.1) is 17.7 Å². The molecule has 2 aliphatic rings. The summed E-state index contributed by atoms with van der Waals surface area (Å²) in [4.78, 5) is 52.7. The van der Waals surface area contributed by atoms with Crippen molar-refractivity contribution in [3.8, 4) is 0 Å². The lowest BCUT2D eigenvalue weighted by Gasteiger charge is -2.33. The molecule has 1 aromatic carbocycles. The lowest BCUT2D eigenvalue weighted by Crippen LogP contribution is -2.58. The van der Waals surface area contributed by atoms with E-state index in [1.54, 1.807) is 19.9 Å². The number of aromatic amines is 1. The zero-order valence-corrected chi connectivity index (χ0v) is 20.2. The van der Waals surface area contributed by atoms with Crippen LogP contribution < -0.4 is 10.7 Å². The number of benzene rings is 1. The first-order valence-electron chi connectivity index (χ1n) is 11.6. The molecule has 0 unspecified atom stereocenters. The van der Waals surface area contributed by atoms with E-state index in [1.165, 1.54) is 17.1 Å². The Labute approximate surface area is 206 Å². The summed E-state index contributed by atoms with van der Waals surface area (Å²) in [6.07, 6.45) is 2.76. The third kappa shape index (κ3) is 5.42. The molecular formula is C24H28ClFN4O5. The first-order valence-corrected chi connectivity index (χ1v) is 12.0. The van der Waals surface area contributed by atoms with Gasteiger partial charge in [0.05, 0.1) is 16.1 Å². The molecule has 2 aromatic rings. The lowest BCUT2D eigenvalue weighted by atomic mass is 9.93. The Morgan fingerprint density at radius 1 is 1.31 bits per heavy atom. The highest BCUT2D eigenvalue weighted by atomic mass is 35.5. The summed E-state index contributed by atoms with van der Waals surface area (Å²) in [6.45, 7) is 3.59. The first kappa shape index (κ1) is 25.0. The summed E-state index contributed by atoms with van der Waals surface area (Å²) in [7, 11) is 0. The van der Waals surface area contributed by atoms with Gasteiger partial charge >= 0.3 is 5.97 Å². The van der Waals surface area contributed by atoms with Crippen molar-refractivity contribution in [3.05, 3.63) is 34.7 Å². The number of hydrogen-bond acceptors (Lipinski definition) is 4. The number of carbonyl (C=O) groups is 4. The van der Waals surface area contributed by atoms with Crippen LogP contribution in [-0.2, 0) is 14.4 Å². The first-order chi connectivity index (χ1) is 16.5. The smallest absolute Gasteiger partial charge is 0.303 e. The largest absolute Gasteiger partial charge is 0.481 e. The standard InChI is InChI=1S/C24H28ClFN4O5/c1-24(2)11-14(6-8-18(31)32)23(35)30(24)29-22(34)16(9-12-3-4-12)28-21(33)17-10-13-5-7-15(25)19(26)20(13)27-17/h5,7,10,12,14,16,27H,3-4,6,8-9,11H2,1-2H3,(H,28,33)(H,29,34)(H,31,32)/t14-,16+/m1/s1. The number of aromatic nitrogens is 1. The molecule has 9 nitrogen and oxygen atoms in total. The van der Waals surface area contributed by atoms with E-state index in [1.807, 2.05) is 0 Å². The molecule has 1 saturated carbocycles. The molecule has 1 aliphatic carbocycles. The number of amides is 3. The van der Waals surface area contributed by atoms with Gasteiger partial charge in [-0.25, -0.2) is 9.40 Å². The molecule has 11 heteroatoms. The Morgan fingerprint density at radius 2 is 2.03 bits per heavy atom. The maximum absolute atomic E-state index is 14.3. The van der Waals surface area contributed by atoms with Crippen LogP contribution >= 0.6 is 11.6 Å². The van der Waals surface area contributed by atoms with Crippen molar-refractivity contribution >= 4 is 46.2 Å². The highest BCUT2D eigenvalue weighted by molar-refractivity contribution is 6.31. The predicted molar refractivity (Wildman–Crippen MR) is 126 cm³/mol. The number of nitrogens with zero attached hydrogens (tertiary/aromatic N) is 1. The molecular weight excluding hydrogens is 479 g/mol. The molecule has 1 saturated heterocycles. The highest BCUT2D eigenvalue weighted by Gasteiger charge is 2.46. The van der Waals surface area contributed by atoms with E-state index < -0.39 is 41.1 Å². The maximum Gasteiger partial charge on any atom is 0.303 e. The summed E-state index contributed by atoms with van der Waals surface area (Å²) in [5.41, 5.74) is 2.14. The minimum absolute atomic E-state index is 0.0724. The number of halogens is 2. The number of rotatable bonds is 9. The van der Waals surface area contributed by atoms with E-state index in [0.717, 1.165) is 12.8 Å². The van der Waals surface area contributed by atoms with Gasteiger partial charge in [0.2, 0.25) is 5.91 Å². The Morgan fingerprint density at radius 3 is 2.69 bits per heavy atom. The summed E-state index contributed by atoms with van der Waals surface area (Å²) in [5.74, 6) is -3.32. The molecule has 2 heterocycles. The molecule has 1 aromatic heterocycles. The van der Waals surface area contributed by atoms with Gasteiger partial charge in [-0.3, -0.25) is 24.6 Å². The van der Waals surface area contributed by atoms with Crippen LogP contribution in [0.2, 0.25) is 5.02 Å². The quantitative estimate of drug-likeness (QED) is 0.414. The molecule has 4 rings (SSSR count). The summed E-state index contributed by atoms with van der Waals surface area (Å²) in [5, 5.41) is 13.3. The van der Waals surface area contributed by atoms with E-state index in [9.17, 15) is 23.6 Å². The number of carbonyl (C=O) groups excluding carboxylic acids is 3. The average molecular weight is 507 g/mol. The normalized spacial score (nSPS) is 20.2. The minimum atomic E-state index is -0.982. The van der Waals surface area contributed by atoms with Crippen molar-refractivity contribution in [2.45, 2.75) is 64.0 Å². The van der Waals surface area contributed by atoms with E-state index in [-0.39, 0.29) is 40.9 Å². The molecule has 35 heavy (non-hydrogen) atoms. The van der Waals surface area contributed by atoms with Gasteiger partial charge in [0.1, 0.15) is 11.7 Å². The van der Waals surface area contributed by atoms with Crippen molar-refractivity contribution < 1.29 is 28.7 Å². The van der Waals surface area contributed by atoms with Crippen molar-refractivity contribution in [3.63, 3.8) is 0 Å². The van der Waals surface area contributed by atoms with Crippen LogP contribution in [0.25, 0.3) is 10.9 Å². The lowest BCUT2D eigenvalue weighted by molar-refractivity contribution is -0.145. The van der Waals surface area contributed by atoms with Gasteiger partial charge < -0.3 is 15.4 Å². The van der Waals surface area contributed by atoms with E-state index in [0.29, 0.717) is 18.2 Å². The monoisotopic (exact) mass is 506 g/mol. The van der Waals surface area contributed by atoms with Gasteiger partial charge in [-0.1, -0.05) is 30.5 Å². The maximum atomic E-state index is 14.3. The number of fused-ring (bicyclic) bond motifs is 1. The fourth-order valence-corrected chi connectivity index (χ4v) is 4.75. The van der Waals surface area contributed by atoms with Crippen molar-refractivity contribution in [2.24, 2.45) is 11.8 Å². The number of H-pyrrole nitrogens is 1. The van der Waals surface area contributed by atoms with E-state index in [4.69, 9.17) is 16.7 Å². The number of carboxylic acids is 1. The topological polar surface area (TPSA) is 132 Å². The van der Waals surface area contributed by atoms with Gasteiger partial charge in [-0.05, 0) is 51.2 Å². The van der Waals surface area contributed by atoms with Crippen LogP contribution in [0.5, 0.6) is 0 Å². The number of aliphatic carboxylic acids is 1. The van der Waals surface area contributed by atoms with Crippen molar-refractivity contribution in [1.82, 2.24) is 20.7 Å². The average Bonchev–Trinajstić information content (AvgIpc) is 3.45. The van der Waals surface area contributed by atoms with Crippen molar-refractivity contribution in [1.29, 1.82) is 0 Å². The molecule has 2 fully saturated rings. The minimum Gasteiger partial charge on any atom is -0.481 e. The number of nitrogens with one attached hydrogen (secondary N) is 3. The zero-order chi connectivity index (χ0) is 25.5. The molecule has 4 N–H and O–H groups in total. The van der Waals surface area contributed by atoms with E-state index >= 15 is 0 Å². The fourth-order valence-electron chi connectivity index (χ4n) is 4.60. The molecule has 0 spiro atoms. The van der Waals surface area contributed by atoms with E-state index in [2.05, 4.69) is 15.7 Å². The summed E-state index contributed by atoms with van der Waals surface area (Å²) >= 11 is 5.82. The second-order valence-electron chi connectivity index (χ2n) is 10.0. The molecule has 0 bridgehead atoms. The van der Waals surface area contributed by atoms with Crippen molar-refractivity contribution in [2.75, 3.05) is 0 Å². The Hall–Kier alpha value is -3.14. The van der Waals surface area contributed by atoms with Gasteiger partial charge in [0.25, 0.3) is 11.8 Å². The molecule has 2 atom stereocenters. The Kier molecular flexibility index (Phi) is 6.77. The zero-order valence-electron chi connectivity index (χ0n) is 19.5. The summed E-state index contributed by atoms with van der Waals surface area (Å²) in [6, 6.07) is 3.56. The van der Waals surface area contributed by atoms with Crippen LogP contribution in [0.15, 0.2) is 18.2 Å². The molecule has 188 valence electrons. The third-order valence-electron chi connectivity index (χ3n) is 6.67. The van der Waals surface area contributed by atoms with Gasteiger partial charge in [-0.15, -0.1) is 0 Å². The highest BCUT2D eigenvalue weighted by Crippen LogP contribution is 2.36. The van der Waals surface area contributed by atoms with Crippen LogP contribution in [0.3, 0.4) is 0 Å². The van der Waals surface area contributed by atoms with Gasteiger partial charge in [-0.2, -0.15) is 0 Å². The number of hydrogen-bond donors (Lipinski definition) is 4. The summed E-state index contributed by atoms with van der Waals surface area (Å²) < 4.78 is 14.3. The Balaban J connectivity index is 1.48. The SMILES string of the molecule is CC1(C)C[C@@H](CCC(=O)O)C(=O)N1NC(=O)[C@H](CC1CC1)NC(=O)c1cc2ccc(Cl)c(F)c2[nH]1. The molecule has 1 aliphatic heterocycles. The van der Waals surface area contributed by atoms with Crippen LogP contribution in [0.4, 0.5) is 4.39 Å². The molecule has 0 radical (unpaired) electrons. The second-order valence-corrected chi connectivity index (χ2v) is 10.4. The predicted octanol–water partition coefficient (Wildman–Crippen LogP) is 3.38. The van der Waals surface area contributed by atoms with Crippen LogP contribution in [0.1, 0.15) is 62.9 Å². The number of hydrazine groups is 1. The van der Waals surface area contributed by atoms with Gasteiger partial charge in [0, 0.05) is 17.7 Å². The second kappa shape index (κ2) is 9.49. The third-order valence-corrected chi connectivity index (χ3v) is 6.96. The van der Waals surface area contributed by atoms with Crippen LogP contribution in [-0.4, -0.2) is 50.4 Å². The molecule has 3 amide bonds. The van der Waals surface area contributed by atoms with Gasteiger partial charge in [0.15, 0.2) is 5.82 Å². The fraction of sp³-hybridized carbons (Fsp3) is 0.500.